The summed E-state index contributed by atoms with van der Waals surface area (Å²) in [5, 5.41) is 3.01. The minimum Gasteiger partial charge on any atom is -0.373 e. The predicted molar refractivity (Wildman–Crippen MR) is 134 cm³/mol. The minimum absolute atomic E-state index is 0.0141. The number of piperidine rings is 1. The number of benzene rings is 2. The Morgan fingerprint density at radius 1 is 0.941 bits per heavy atom. The van der Waals surface area contributed by atoms with E-state index in [0.717, 1.165) is 51.1 Å². The van der Waals surface area contributed by atoms with E-state index in [1.165, 1.54) is 0 Å². The number of morpholine rings is 1. The number of likely N-dealkylation sites (tertiary alicyclic amines) is 1. The third kappa shape index (κ3) is 6.67. The molecular formula is C28H37N3O3. The topological polar surface area (TPSA) is 61.9 Å². The van der Waals surface area contributed by atoms with Crippen LogP contribution in [0.5, 0.6) is 0 Å². The molecule has 0 aliphatic carbocycles. The van der Waals surface area contributed by atoms with Crippen LogP contribution in [0.3, 0.4) is 0 Å². The van der Waals surface area contributed by atoms with Crippen molar-refractivity contribution in [3.63, 3.8) is 0 Å². The predicted octanol–water partition coefficient (Wildman–Crippen LogP) is 3.38. The van der Waals surface area contributed by atoms with E-state index >= 15 is 0 Å². The third-order valence-electron chi connectivity index (χ3n) is 6.86. The number of ether oxygens (including phenoxy) is 1. The van der Waals surface area contributed by atoms with Crippen molar-refractivity contribution in [3.05, 3.63) is 71.8 Å². The van der Waals surface area contributed by atoms with E-state index in [1.807, 2.05) is 53.4 Å². The lowest BCUT2D eigenvalue weighted by Gasteiger charge is -2.40. The molecule has 2 aliphatic heterocycles. The van der Waals surface area contributed by atoms with Crippen LogP contribution in [0, 0.1) is 5.92 Å². The van der Waals surface area contributed by atoms with Crippen LogP contribution in [-0.4, -0.2) is 72.6 Å². The van der Waals surface area contributed by atoms with Gasteiger partial charge in [-0.3, -0.25) is 14.5 Å². The second kappa shape index (κ2) is 11.6. The van der Waals surface area contributed by atoms with E-state index in [1.54, 1.807) is 12.1 Å². The summed E-state index contributed by atoms with van der Waals surface area (Å²) >= 11 is 0. The van der Waals surface area contributed by atoms with Crippen LogP contribution in [0.2, 0.25) is 0 Å². The molecule has 3 atom stereocenters. The molecular weight excluding hydrogens is 426 g/mol. The summed E-state index contributed by atoms with van der Waals surface area (Å²) in [7, 11) is 0. The van der Waals surface area contributed by atoms with E-state index in [0.29, 0.717) is 17.9 Å². The first-order chi connectivity index (χ1) is 16.5. The second-order valence-electron chi connectivity index (χ2n) is 9.83. The molecule has 2 amide bonds. The first-order valence-corrected chi connectivity index (χ1v) is 12.5. The smallest absolute Gasteiger partial charge is 0.251 e. The van der Waals surface area contributed by atoms with Crippen LogP contribution < -0.4 is 5.32 Å². The van der Waals surface area contributed by atoms with Gasteiger partial charge in [-0.05, 0) is 50.3 Å². The highest BCUT2D eigenvalue weighted by Crippen LogP contribution is 2.22. The number of carbonyl (C=O) groups excluding carboxylic acids is 2. The molecule has 2 heterocycles. The fourth-order valence-corrected chi connectivity index (χ4v) is 5.24. The van der Waals surface area contributed by atoms with E-state index in [9.17, 15) is 9.59 Å². The molecule has 1 N–H and O–H groups in total. The van der Waals surface area contributed by atoms with Gasteiger partial charge in [0.2, 0.25) is 5.91 Å². The number of hydrogen-bond donors (Lipinski definition) is 1. The Morgan fingerprint density at radius 2 is 1.53 bits per heavy atom. The lowest BCUT2D eigenvalue weighted by molar-refractivity contribution is -0.134. The molecule has 2 saturated heterocycles. The maximum atomic E-state index is 13.5. The normalized spacial score (nSPS) is 22.8. The summed E-state index contributed by atoms with van der Waals surface area (Å²) in [4.78, 5) is 30.9. The number of hydrogen-bond acceptors (Lipinski definition) is 4. The van der Waals surface area contributed by atoms with Gasteiger partial charge in [-0.15, -0.1) is 0 Å². The zero-order chi connectivity index (χ0) is 23.9. The van der Waals surface area contributed by atoms with Gasteiger partial charge in [0.05, 0.1) is 12.2 Å². The van der Waals surface area contributed by atoms with Gasteiger partial charge >= 0.3 is 0 Å². The van der Waals surface area contributed by atoms with Gasteiger partial charge in [-0.25, -0.2) is 0 Å². The molecule has 0 aromatic heterocycles. The van der Waals surface area contributed by atoms with Gasteiger partial charge < -0.3 is 15.0 Å². The van der Waals surface area contributed by atoms with Crippen molar-refractivity contribution in [2.45, 2.75) is 51.4 Å². The molecule has 6 heteroatoms. The summed E-state index contributed by atoms with van der Waals surface area (Å²) < 4.78 is 5.86. The van der Waals surface area contributed by atoms with Crippen molar-refractivity contribution in [2.24, 2.45) is 5.92 Å². The van der Waals surface area contributed by atoms with Crippen molar-refractivity contribution in [3.8, 4) is 0 Å². The van der Waals surface area contributed by atoms with Gasteiger partial charge in [0.1, 0.15) is 6.04 Å². The quantitative estimate of drug-likeness (QED) is 0.684. The largest absolute Gasteiger partial charge is 0.373 e. The van der Waals surface area contributed by atoms with Crippen LogP contribution in [0.15, 0.2) is 60.7 Å². The Balaban J connectivity index is 1.36. The van der Waals surface area contributed by atoms with Crippen LogP contribution in [0.25, 0.3) is 0 Å². The maximum absolute atomic E-state index is 13.5. The standard InChI is InChI=1S/C28H37N3O3/c1-21-18-30(19-22(2)34-21)20-24-13-15-31(16-14-24)28(33)26(17-23-9-5-3-6-10-23)29-27(32)25-11-7-4-8-12-25/h3-12,21-22,24,26H,13-20H2,1-2H3,(H,29,32). The maximum Gasteiger partial charge on any atom is 0.251 e. The highest BCUT2D eigenvalue weighted by molar-refractivity contribution is 5.97. The molecule has 2 aromatic rings. The molecule has 0 saturated carbocycles. The zero-order valence-electron chi connectivity index (χ0n) is 20.4. The Kier molecular flexibility index (Phi) is 8.35. The average molecular weight is 464 g/mol. The zero-order valence-corrected chi connectivity index (χ0v) is 20.4. The van der Waals surface area contributed by atoms with Gasteiger partial charge in [0.15, 0.2) is 0 Å². The molecule has 0 spiro atoms. The highest BCUT2D eigenvalue weighted by atomic mass is 16.5. The molecule has 4 rings (SSSR count). The monoisotopic (exact) mass is 463 g/mol. The minimum atomic E-state index is -0.576. The SMILES string of the molecule is CC1CN(CC2CCN(C(=O)C(Cc3ccccc3)NC(=O)c3ccccc3)CC2)CC(C)O1. The number of carbonyl (C=O) groups is 2. The number of rotatable bonds is 7. The Labute approximate surface area is 203 Å². The summed E-state index contributed by atoms with van der Waals surface area (Å²) in [5.74, 6) is 0.397. The number of amides is 2. The molecule has 0 radical (unpaired) electrons. The Morgan fingerprint density at radius 3 is 2.15 bits per heavy atom. The second-order valence-corrected chi connectivity index (χ2v) is 9.83. The fraction of sp³-hybridized carbons (Fsp3) is 0.500. The molecule has 0 bridgehead atoms. The van der Waals surface area contributed by atoms with E-state index in [2.05, 4.69) is 24.1 Å². The van der Waals surface area contributed by atoms with Crippen LogP contribution in [0.4, 0.5) is 0 Å². The summed E-state index contributed by atoms with van der Waals surface area (Å²) in [6.07, 6.45) is 3.03. The van der Waals surface area contributed by atoms with Crippen LogP contribution in [0.1, 0.15) is 42.6 Å². The van der Waals surface area contributed by atoms with Crippen molar-refractivity contribution in [2.75, 3.05) is 32.7 Å². The highest BCUT2D eigenvalue weighted by Gasteiger charge is 2.31. The number of nitrogens with one attached hydrogen (secondary N) is 1. The van der Waals surface area contributed by atoms with Gasteiger partial charge in [-0.1, -0.05) is 48.5 Å². The van der Waals surface area contributed by atoms with E-state index in [4.69, 9.17) is 4.74 Å². The van der Waals surface area contributed by atoms with Crippen molar-refractivity contribution < 1.29 is 14.3 Å². The lowest BCUT2D eigenvalue weighted by atomic mass is 9.94. The van der Waals surface area contributed by atoms with Crippen LogP contribution >= 0.6 is 0 Å². The first kappa shape index (κ1) is 24.4. The van der Waals surface area contributed by atoms with E-state index in [-0.39, 0.29) is 24.0 Å². The summed E-state index contributed by atoms with van der Waals surface area (Å²) in [6, 6.07) is 18.4. The summed E-state index contributed by atoms with van der Waals surface area (Å²) in [6.45, 7) is 8.79. The number of nitrogens with zero attached hydrogens (tertiary/aromatic N) is 2. The first-order valence-electron chi connectivity index (χ1n) is 12.5. The molecule has 2 aliphatic rings. The van der Waals surface area contributed by atoms with Gasteiger partial charge in [0, 0.05) is 44.7 Å². The third-order valence-corrected chi connectivity index (χ3v) is 6.86. The van der Waals surface area contributed by atoms with Crippen molar-refractivity contribution in [1.29, 1.82) is 0 Å². The molecule has 6 nitrogen and oxygen atoms in total. The Hall–Kier alpha value is -2.70. The average Bonchev–Trinajstić information content (AvgIpc) is 2.84. The van der Waals surface area contributed by atoms with Gasteiger partial charge in [0.25, 0.3) is 5.91 Å². The van der Waals surface area contributed by atoms with Gasteiger partial charge in [-0.2, -0.15) is 0 Å². The molecule has 182 valence electrons. The van der Waals surface area contributed by atoms with Crippen molar-refractivity contribution in [1.82, 2.24) is 15.1 Å². The van der Waals surface area contributed by atoms with Crippen molar-refractivity contribution >= 4 is 11.8 Å². The summed E-state index contributed by atoms with van der Waals surface area (Å²) in [5.41, 5.74) is 1.61. The molecule has 2 aromatic carbocycles. The van der Waals surface area contributed by atoms with Crippen LogP contribution in [-0.2, 0) is 16.0 Å². The van der Waals surface area contributed by atoms with E-state index < -0.39 is 6.04 Å². The Bertz CT molecular complexity index is 918. The molecule has 2 fully saturated rings. The lowest BCUT2D eigenvalue weighted by Crippen LogP contribution is -2.53. The fourth-order valence-electron chi connectivity index (χ4n) is 5.24. The molecule has 3 unspecified atom stereocenters. The molecule has 34 heavy (non-hydrogen) atoms.